The summed E-state index contributed by atoms with van der Waals surface area (Å²) < 4.78 is 18.5. The molecule has 1 atom stereocenters. The van der Waals surface area contributed by atoms with Gasteiger partial charge in [0.05, 0.1) is 19.3 Å². The lowest BCUT2D eigenvalue weighted by Crippen LogP contribution is -2.51. The maximum atomic E-state index is 12.9. The van der Waals surface area contributed by atoms with Gasteiger partial charge in [-0.05, 0) is 44.0 Å². The molecule has 3 rings (SSSR count). The molecule has 2 aliphatic heterocycles. The Kier molecular flexibility index (Phi) is 5.81. The van der Waals surface area contributed by atoms with E-state index in [0.717, 1.165) is 45.6 Å². The van der Waals surface area contributed by atoms with E-state index in [1.165, 1.54) is 12.1 Å². The Morgan fingerprint density at radius 3 is 2.62 bits per heavy atom. The Balaban J connectivity index is 1.41. The van der Waals surface area contributed by atoms with E-state index in [-0.39, 0.29) is 11.7 Å². The van der Waals surface area contributed by atoms with E-state index in [2.05, 4.69) is 22.0 Å². The summed E-state index contributed by atoms with van der Waals surface area (Å²) in [7, 11) is 0. The number of carbonyl (C=O) groups is 1. The molecule has 0 aromatic heterocycles. The van der Waals surface area contributed by atoms with Gasteiger partial charge in [0.25, 0.3) is 0 Å². The first-order chi connectivity index (χ1) is 11.6. The van der Waals surface area contributed by atoms with Crippen molar-refractivity contribution in [3.8, 4) is 0 Å². The van der Waals surface area contributed by atoms with Crippen LogP contribution in [-0.2, 0) is 9.53 Å². The second-order valence-electron chi connectivity index (χ2n) is 6.74. The molecule has 0 unspecified atom stereocenters. The van der Waals surface area contributed by atoms with Crippen molar-refractivity contribution >= 4 is 11.6 Å². The van der Waals surface area contributed by atoms with Gasteiger partial charge in [0.1, 0.15) is 5.82 Å². The number of halogens is 1. The van der Waals surface area contributed by atoms with Gasteiger partial charge in [-0.15, -0.1) is 0 Å². The maximum Gasteiger partial charge on any atom is 0.238 e. The van der Waals surface area contributed by atoms with E-state index in [1.54, 1.807) is 12.1 Å². The molecule has 5 nitrogen and oxygen atoms in total. The molecule has 2 fully saturated rings. The van der Waals surface area contributed by atoms with E-state index in [9.17, 15) is 9.18 Å². The van der Waals surface area contributed by atoms with Gasteiger partial charge >= 0.3 is 0 Å². The van der Waals surface area contributed by atoms with Crippen molar-refractivity contribution in [1.29, 1.82) is 0 Å². The van der Waals surface area contributed by atoms with Crippen molar-refractivity contribution in [3.05, 3.63) is 30.1 Å². The summed E-state index contributed by atoms with van der Waals surface area (Å²) in [4.78, 5) is 16.8. The quantitative estimate of drug-likeness (QED) is 0.913. The van der Waals surface area contributed by atoms with Crippen molar-refractivity contribution in [2.24, 2.45) is 0 Å². The predicted octanol–water partition coefficient (Wildman–Crippen LogP) is 1.95. The molecular formula is C18H26FN3O2. The number of morpholine rings is 1. The Morgan fingerprint density at radius 2 is 1.96 bits per heavy atom. The van der Waals surface area contributed by atoms with E-state index >= 15 is 0 Å². The molecular weight excluding hydrogens is 309 g/mol. The minimum absolute atomic E-state index is 0.0416. The molecule has 2 aliphatic rings. The van der Waals surface area contributed by atoms with Crippen LogP contribution >= 0.6 is 0 Å². The molecule has 0 spiro atoms. The Hall–Kier alpha value is -1.50. The van der Waals surface area contributed by atoms with E-state index < -0.39 is 0 Å². The van der Waals surface area contributed by atoms with Crippen LogP contribution in [-0.4, -0.2) is 67.2 Å². The molecule has 0 aliphatic carbocycles. The van der Waals surface area contributed by atoms with E-state index in [1.807, 2.05) is 0 Å². The molecule has 2 heterocycles. The molecule has 0 radical (unpaired) electrons. The Bertz CT molecular complexity index is 544. The molecule has 6 heteroatoms. The number of nitrogens with zero attached hydrogens (tertiary/aromatic N) is 2. The zero-order chi connectivity index (χ0) is 16.9. The fourth-order valence-corrected chi connectivity index (χ4v) is 3.56. The standard InChI is InChI=1S/C18H26FN3O2/c1-14-12-22(10-11-24-14)17-6-8-21(9-7-17)13-18(23)20-16-4-2-15(19)3-5-16/h2-5,14,17H,6-13H2,1H3,(H,20,23)/t14-/m0/s1. The second kappa shape index (κ2) is 8.05. The van der Waals surface area contributed by atoms with Crippen LogP contribution in [0.4, 0.5) is 10.1 Å². The summed E-state index contributed by atoms with van der Waals surface area (Å²) in [6, 6.07) is 6.47. The highest BCUT2D eigenvalue weighted by Crippen LogP contribution is 2.19. The van der Waals surface area contributed by atoms with Gasteiger partial charge in [-0.3, -0.25) is 14.6 Å². The van der Waals surface area contributed by atoms with Crippen LogP contribution in [0.15, 0.2) is 24.3 Å². The minimum Gasteiger partial charge on any atom is -0.376 e. The normalized spacial score (nSPS) is 24.0. The number of hydrogen-bond acceptors (Lipinski definition) is 4. The molecule has 1 aromatic rings. The number of rotatable bonds is 4. The first kappa shape index (κ1) is 17.3. The zero-order valence-corrected chi connectivity index (χ0v) is 14.2. The predicted molar refractivity (Wildman–Crippen MR) is 91.5 cm³/mol. The van der Waals surface area contributed by atoms with Crippen LogP contribution in [0.5, 0.6) is 0 Å². The third-order valence-electron chi connectivity index (χ3n) is 4.84. The fourth-order valence-electron chi connectivity index (χ4n) is 3.56. The molecule has 0 saturated carbocycles. The monoisotopic (exact) mass is 335 g/mol. The van der Waals surface area contributed by atoms with Crippen molar-refractivity contribution in [3.63, 3.8) is 0 Å². The zero-order valence-electron chi connectivity index (χ0n) is 14.2. The van der Waals surface area contributed by atoms with Crippen LogP contribution in [0.1, 0.15) is 19.8 Å². The average Bonchev–Trinajstić information content (AvgIpc) is 2.58. The van der Waals surface area contributed by atoms with Crippen LogP contribution in [0.3, 0.4) is 0 Å². The SMILES string of the molecule is C[C@H]1CN(C2CCN(CC(=O)Nc3ccc(F)cc3)CC2)CCO1. The van der Waals surface area contributed by atoms with Gasteiger partial charge in [-0.2, -0.15) is 0 Å². The lowest BCUT2D eigenvalue weighted by Gasteiger charge is -2.41. The van der Waals surface area contributed by atoms with Crippen LogP contribution in [0.2, 0.25) is 0 Å². The summed E-state index contributed by atoms with van der Waals surface area (Å²) in [5.41, 5.74) is 0.638. The number of hydrogen-bond donors (Lipinski definition) is 1. The van der Waals surface area contributed by atoms with Crippen molar-refractivity contribution in [1.82, 2.24) is 9.80 Å². The third-order valence-corrected chi connectivity index (χ3v) is 4.84. The molecule has 132 valence electrons. The summed E-state index contributed by atoms with van der Waals surface area (Å²) >= 11 is 0. The fraction of sp³-hybridized carbons (Fsp3) is 0.611. The van der Waals surface area contributed by atoms with Gasteiger partial charge in [-0.1, -0.05) is 0 Å². The van der Waals surface area contributed by atoms with Gasteiger partial charge in [0.15, 0.2) is 0 Å². The van der Waals surface area contributed by atoms with Gasteiger partial charge in [0.2, 0.25) is 5.91 Å². The number of nitrogens with one attached hydrogen (secondary N) is 1. The smallest absolute Gasteiger partial charge is 0.238 e. The lowest BCUT2D eigenvalue weighted by molar-refractivity contribution is -0.117. The number of benzene rings is 1. The number of likely N-dealkylation sites (tertiary alicyclic amines) is 1. The average molecular weight is 335 g/mol. The van der Waals surface area contributed by atoms with Crippen LogP contribution < -0.4 is 5.32 Å². The minimum atomic E-state index is -0.299. The van der Waals surface area contributed by atoms with Crippen molar-refractivity contribution in [2.45, 2.75) is 31.9 Å². The van der Waals surface area contributed by atoms with Crippen LogP contribution in [0.25, 0.3) is 0 Å². The summed E-state index contributed by atoms with van der Waals surface area (Å²) in [5.74, 6) is -0.340. The van der Waals surface area contributed by atoms with Crippen molar-refractivity contribution in [2.75, 3.05) is 44.6 Å². The Morgan fingerprint density at radius 1 is 1.25 bits per heavy atom. The first-order valence-corrected chi connectivity index (χ1v) is 8.73. The molecule has 2 saturated heterocycles. The number of piperidine rings is 1. The van der Waals surface area contributed by atoms with Crippen molar-refractivity contribution < 1.29 is 13.9 Å². The molecule has 24 heavy (non-hydrogen) atoms. The number of ether oxygens (including phenoxy) is 1. The highest BCUT2D eigenvalue weighted by Gasteiger charge is 2.28. The largest absolute Gasteiger partial charge is 0.376 e. The number of amides is 1. The number of anilines is 1. The lowest BCUT2D eigenvalue weighted by atomic mass is 10.0. The van der Waals surface area contributed by atoms with Gasteiger partial charge < -0.3 is 10.1 Å². The number of carbonyl (C=O) groups excluding carboxylic acids is 1. The van der Waals surface area contributed by atoms with Crippen LogP contribution in [0, 0.1) is 5.82 Å². The second-order valence-corrected chi connectivity index (χ2v) is 6.74. The highest BCUT2D eigenvalue weighted by molar-refractivity contribution is 5.92. The highest BCUT2D eigenvalue weighted by atomic mass is 19.1. The van der Waals surface area contributed by atoms with E-state index in [0.29, 0.717) is 24.4 Å². The first-order valence-electron chi connectivity index (χ1n) is 8.73. The maximum absolute atomic E-state index is 12.9. The molecule has 1 amide bonds. The molecule has 1 N–H and O–H groups in total. The molecule has 1 aromatic carbocycles. The topological polar surface area (TPSA) is 44.8 Å². The van der Waals surface area contributed by atoms with E-state index in [4.69, 9.17) is 4.74 Å². The summed E-state index contributed by atoms with van der Waals surface area (Å²) in [6.45, 7) is 7.24. The summed E-state index contributed by atoms with van der Waals surface area (Å²) in [6.07, 6.45) is 2.51. The molecule has 0 bridgehead atoms. The van der Waals surface area contributed by atoms with Gasteiger partial charge in [-0.25, -0.2) is 4.39 Å². The Labute approximate surface area is 142 Å². The summed E-state index contributed by atoms with van der Waals surface area (Å²) in [5, 5.41) is 2.82. The van der Waals surface area contributed by atoms with Gasteiger partial charge in [0, 0.05) is 37.9 Å². The third kappa shape index (κ3) is 4.75.